The van der Waals surface area contributed by atoms with Crippen LogP contribution >= 0.6 is 0 Å². The normalized spacial score (nSPS) is 11.5. The van der Waals surface area contributed by atoms with E-state index < -0.39 is 8.07 Å². The van der Waals surface area contributed by atoms with E-state index in [9.17, 15) is 0 Å². The van der Waals surface area contributed by atoms with Crippen molar-refractivity contribution >= 4 is 62.0 Å². The van der Waals surface area contributed by atoms with Crippen molar-refractivity contribution in [1.29, 1.82) is 0 Å². The number of hydrogen-bond acceptors (Lipinski definition) is 1. The Kier molecular flexibility index (Phi) is 7.88. The molecule has 2 nitrogen and oxygen atoms in total. The third kappa shape index (κ3) is 5.36. The van der Waals surface area contributed by atoms with Crippen LogP contribution in [0.15, 0.2) is 212 Å². The predicted octanol–water partition coefficient (Wildman–Crippen LogP) is 9.57. The molecule has 3 heteroatoms. The molecule has 0 fully saturated rings. The van der Waals surface area contributed by atoms with E-state index >= 15 is 0 Å². The zero-order chi connectivity index (χ0) is 34.0. The lowest BCUT2D eigenvalue weighted by Gasteiger charge is -2.34. The number of rotatable bonds is 8. The van der Waals surface area contributed by atoms with Crippen molar-refractivity contribution in [2.24, 2.45) is 0 Å². The van der Waals surface area contributed by atoms with Crippen LogP contribution in [0.3, 0.4) is 0 Å². The van der Waals surface area contributed by atoms with Crippen molar-refractivity contribution < 1.29 is 0 Å². The smallest absolute Gasteiger partial charge is 0.179 e. The average molecular weight is 669 g/mol. The molecule has 0 spiro atoms. The first kappa shape index (κ1) is 30.6. The molecule has 0 aliphatic heterocycles. The van der Waals surface area contributed by atoms with Gasteiger partial charge in [0.05, 0.1) is 11.0 Å². The minimum absolute atomic E-state index is 1.06. The van der Waals surface area contributed by atoms with Gasteiger partial charge in [-0.2, -0.15) is 0 Å². The molecule has 0 saturated carbocycles. The second kappa shape index (κ2) is 13.1. The SMILES string of the molecule is c1ccc(-n2c3ccccc3c3c(-c4cccc(Nc5ccc([Si](c6ccccc6)(c6ccccc6)c6ccccc6)cc5)c4)cccc32)cc1. The van der Waals surface area contributed by atoms with Gasteiger partial charge in [-0.3, -0.25) is 0 Å². The van der Waals surface area contributed by atoms with Gasteiger partial charge in [-0.1, -0.05) is 164 Å². The molecule has 0 radical (unpaired) electrons. The fourth-order valence-corrected chi connectivity index (χ4v) is 12.7. The van der Waals surface area contributed by atoms with Crippen molar-refractivity contribution in [1.82, 2.24) is 4.57 Å². The van der Waals surface area contributed by atoms with Crippen LogP contribution in [0.25, 0.3) is 38.6 Å². The molecule has 9 rings (SSSR count). The van der Waals surface area contributed by atoms with Crippen molar-refractivity contribution in [3.8, 4) is 16.8 Å². The van der Waals surface area contributed by atoms with Gasteiger partial charge in [0.15, 0.2) is 8.07 Å². The topological polar surface area (TPSA) is 17.0 Å². The van der Waals surface area contributed by atoms with Gasteiger partial charge in [-0.05, 0) is 80.4 Å². The van der Waals surface area contributed by atoms with E-state index in [2.05, 4.69) is 222 Å². The summed E-state index contributed by atoms with van der Waals surface area (Å²) in [5, 5.41) is 11.7. The fourth-order valence-electron chi connectivity index (χ4n) is 7.91. The van der Waals surface area contributed by atoms with Crippen LogP contribution in [0, 0.1) is 0 Å². The maximum absolute atomic E-state index is 3.74. The molecule has 0 saturated heterocycles. The van der Waals surface area contributed by atoms with E-state index in [0.29, 0.717) is 0 Å². The lowest BCUT2D eigenvalue weighted by Crippen LogP contribution is -2.74. The van der Waals surface area contributed by atoms with Crippen LogP contribution in [0.5, 0.6) is 0 Å². The third-order valence-electron chi connectivity index (χ3n) is 10.1. The summed E-state index contributed by atoms with van der Waals surface area (Å²) in [4.78, 5) is 0. The molecule has 1 N–H and O–H groups in total. The molecule has 0 amide bonds. The number of para-hydroxylation sites is 2. The molecule has 8 aromatic carbocycles. The number of fused-ring (bicyclic) bond motifs is 3. The quantitative estimate of drug-likeness (QED) is 0.126. The predicted molar refractivity (Wildman–Crippen MR) is 220 cm³/mol. The van der Waals surface area contributed by atoms with Crippen LogP contribution in [-0.4, -0.2) is 12.6 Å². The zero-order valence-corrected chi connectivity index (χ0v) is 29.2. The van der Waals surface area contributed by atoms with E-state index in [-0.39, 0.29) is 0 Å². The molecule has 0 aliphatic carbocycles. The summed E-state index contributed by atoms with van der Waals surface area (Å²) < 4.78 is 2.38. The average Bonchev–Trinajstić information content (AvgIpc) is 3.55. The van der Waals surface area contributed by atoms with E-state index in [1.807, 2.05) is 0 Å². The van der Waals surface area contributed by atoms with Gasteiger partial charge >= 0.3 is 0 Å². The van der Waals surface area contributed by atoms with Crippen molar-refractivity contribution in [2.75, 3.05) is 5.32 Å². The number of anilines is 2. The van der Waals surface area contributed by atoms with Gasteiger partial charge in [0, 0.05) is 27.8 Å². The first-order valence-electron chi connectivity index (χ1n) is 17.5. The Bertz CT molecular complexity index is 2480. The van der Waals surface area contributed by atoms with Gasteiger partial charge in [-0.15, -0.1) is 0 Å². The molecular formula is C48H36N2Si. The van der Waals surface area contributed by atoms with Crippen LogP contribution < -0.4 is 26.1 Å². The number of benzene rings is 8. The summed E-state index contributed by atoms with van der Waals surface area (Å²) in [6.07, 6.45) is 0. The third-order valence-corrected chi connectivity index (χ3v) is 14.9. The molecule has 0 unspecified atom stereocenters. The van der Waals surface area contributed by atoms with Crippen LogP contribution in [0.1, 0.15) is 0 Å². The Hall–Kier alpha value is -6.42. The highest BCUT2D eigenvalue weighted by Crippen LogP contribution is 2.39. The zero-order valence-electron chi connectivity index (χ0n) is 28.2. The number of nitrogens with zero attached hydrogens (tertiary/aromatic N) is 1. The van der Waals surface area contributed by atoms with Crippen LogP contribution in [0.2, 0.25) is 0 Å². The maximum Gasteiger partial charge on any atom is 0.179 e. The molecule has 0 bridgehead atoms. The van der Waals surface area contributed by atoms with E-state index in [0.717, 1.165) is 11.4 Å². The molecule has 0 aliphatic rings. The molecular weight excluding hydrogens is 633 g/mol. The fraction of sp³-hybridized carbons (Fsp3) is 0. The summed E-state index contributed by atoms with van der Waals surface area (Å²) >= 11 is 0. The largest absolute Gasteiger partial charge is 0.356 e. The van der Waals surface area contributed by atoms with Gasteiger partial charge in [0.25, 0.3) is 0 Å². The van der Waals surface area contributed by atoms with E-state index in [4.69, 9.17) is 0 Å². The monoisotopic (exact) mass is 668 g/mol. The van der Waals surface area contributed by atoms with Gasteiger partial charge in [0.1, 0.15) is 0 Å². The lowest BCUT2D eigenvalue weighted by atomic mass is 9.99. The van der Waals surface area contributed by atoms with Crippen molar-refractivity contribution in [2.45, 2.75) is 0 Å². The minimum atomic E-state index is -2.57. The van der Waals surface area contributed by atoms with Gasteiger partial charge < -0.3 is 9.88 Å². The highest BCUT2D eigenvalue weighted by molar-refractivity contribution is 7.19. The first-order valence-corrected chi connectivity index (χ1v) is 19.5. The van der Waals surface area contributed by atoms with E-state index in [1.165, 1.54) is 59.4 Å². The van der Waals surface area contributed by atoms with Gasteiger partial charge in [-0.25, -0.2) is 0 Å². The second-order valence-electron chi connectivity index (χ2n) is 13.0. The highest BCUT2D eigenvalue weighted by atomic mass is 28.3. The standard InChI is InChI=1S/C48H36N2Si/c1-5-19-39(20-6-1)50-46-29-14-13-27-45(46)48-44(28-16-30-47(48)50)36-17-15-18-38(35-36)49-37-31-33-43(34-32-37)51(40-21-7-2-8-22-40,41-23-9-3-10-24-41)42-25-11-4-12-26-42/h1-35,49H. The summed E-state index contributed by atoms with van der Waals surface area (Å²) in [5.41, 5.74) is 8.11. The number of aromatic nitrogens is 1. The number of nitrogens with one attached hydrogen (secondary N) is 1. The first-order chi connectivity index (χ1) is 25.3. The molecule has 9 aromatic rings. The summed E-state index contributed by atoms with van der Waals surface area (Å²) in [7, 11) is -2.57. The summed E-state index contributed by atoms with van der Waals surface area (Å²) in [6, 6.07) is 77.2. The number of hydrogen-bond donors (Lipinski definition) is 1. The molecule has 1 aromatic heterocycles. The Labute approximate surface area is 299 Å². The van der Waals surface area contributed by atoms with Crippen LogP contribution in [0.4, 0.5) is 11.4 Å². The van der Waals surface area contributed by atoms with Crippen molar-refractivity contribution in [3.05, 3.63) is 212 Å². The minimum Gasteiger partial charge on any atom is -0.356 e. The Morgan fingerprint density at radius 2 is 0.882 bits per heavy atom. The van der Waals surface area contributed by atoms with Gasteiger partial charge in [0.2, 0.25) is 0 Å². The van der Waals surface area contributed by atoms with Crippen molar-refractivity contribution in [3.63, 3.8) is 0 Å². The molecule has 1 heterocycles. The Morgan fingerprint density at radius 3 is 1.51 bits per heavy atom. The maximum atomic E-state index is 3.74. The van der Waals surface area contributed by atoms with E-state index in [1.54, 1.807) is 0 Å². The molecule has 0 atom stereocenters. The Morgan fingerprint density at radius 1 is 0.373 bits per heavy atom. The Balaban J connectivity index is 1.11. The summed E-state index contributed by atoms with van der Waals surface area (Å²) in [5.74, 6) is 0. The summed E-state index contributed by atoms with van der Waals surface area (Å²) in [6.45, 7) is 0. The van der Waals surface area contributed by atoms with Crippen LogP contribution in [-0.2, 0) is 0 Å². The lowest BCUT2D eigenvalue weighted by molar-refractivity contribution is 1.18. The highest BCUT2D eigenvalue weighted by Gasteiger charge is 2.41. The molecule has 242 valence electrons. The second-order valence-corrected chi connectivity index (χ2v) is 16.8. The molecule has 51 heavy (non-hydrogen) atoms.